The Hall–Kier alpha value is -0.160. The fraction of sp³-hybridized carbons (Fsp3) is 1.00. The Morgan fingerprint density at radius 3 is 3.10 bits per heavy atom. The Morgan fingerprint density at radius 1 is 1.60 bits per heavy atom. The van der Waals surface area contributed by atoms with Crippen LogP contribution >= 0.6 is 0 Å². The Morgan fingerprint density at radius 2 is 2.50 bits per heavy atom. The fourth-order valence-corrected chi connectivity index (χ4v) is 0.886. The maximum atomic E-state index is 8.27. The van der Waals surface area contributed by atoms with E-state index in [0.29, 0.717) is 13.3 Å². The molecule has 0 aliphatic carbocycles. The second kappa shape index (κ2) is 4.62. The van der Waals surface area contributed by atoms with Crippen LogP contribution in [-0.4, -0.2) is 49.8 Å². The van der Waals surface area contributed by atoms with Crippen LogP contribution in [0.25, 0.3) is 0 Å². The normalized spacial score (nSPS) is 20.1. The SMILES string of the molecule is OCOCCN1CCOC1. The van der Waals surface area contributed by atoms with Crippen molar-refractivity contribution in [1.29, 1.82) is 0 Å². The zero-order valence-electron chi connectivity index (χ0n) is 5.95. The van der Waals surface area contributed by atoms with E-state index in [1.54, 1.807) is 0 Å². The van der Waals surface area contributed by atoms with Crippen molar-refractivity contribution in [3.8, 4) is 0 Å². The van der Waals surface area contributed by atoms with Gasteiger partial charge in [0.2, 0.25) is 0 Å². The lowest BCUT2D eigenvalue weighted by Crippen LogP contribution is -2.24. The van der Waals surface area contributed by atoms with Crippen molar-refractivity contribution in [3.63, 3.8) is 0 Å². The predicted molar refractivity (Wildman–Crippen MR) is 35.4 cm³/mol. The van der Waals surface area contributed by atoms with Gasteiger partial charge in [-0.15, -0.1) is 0 Å². The third-order valence-corrected chi connectivity index (χ3v) is 1.47. The Bertz CT molecular complexity index is 83.1. The minimum Gasteiger partial charge on any atom is -0.371 e. The average Bonchev–Trinajstić information content (AvgIpc) is 2.41. The summed E-state index contributed by atoms with van der Waals surface area (Å²) in [5, 5.41) is 8.27. The fourth-order valence-electron chi connectivity index (χ4n) is 0.886. The van der Waals surface area contributed by atoms with Crippen molar-refractivity contribution >= 4 is 0 Å². The van der Waals surface area contributed by atoms with E-state index in [4.69, 9.17) is 14.6 Å². The van der Waals surface area contributed by atoms with Gasteiger partial charge in [-0.2, -0.15) is 0 Å². The van der Waals surface area contributed by atoms with Gasteiger partial charge in [-0.1, -0.05) is 0 Å². The molecule has 0 spiro atoms. The molecule has 0 bridgehead atoms. The third-order valence-electron chi connectivity index (χ3n) is 1.47. The molecule has 1 rings (SSSR count). The maximum Gasteiger partial charge on any atom is 0.143 e. The lowest BCUT2D eigenvalue weighted by atomic mass is 10.5. The highest BCUT2D eigenvalue weighted by Crippen LogP contribution is 1.96. The van der Waals surface area contributed by atoms with E-state index in [1.165, 1.54) is 0 Å². The zero-order chi connectivity index (χ0) is 7.23. The van der Waals surface area contributed by atoms with Crippen LogP contribution in [0, 0.1) is 0 Å². The van der Waals surface area contributed by atoms with Gasteiger partial charge in [0.25, 0.3) is 0 Å². The van der Waals surface area contributed by atoms with E-state index in [9.17, 15) is 0 Å². The van der Waals surface area contributed by atoms with Gasteiger partial charge in [0.1, 0.15) is 6.79 Å². The molecule has 0 unspecified atom stereocenters. The topological polar surface area (TPSA) is 41.9 Å². The highest BCUT2D eigenvalue weighted by Gasteiger charge is 2.10. The van der Waals surface area contributed by atoms with Crippen molar-refractivity contribution in [2.24, 2.45) is 0 Å². The Labute approximate surface area is 60.3 Å². The van der Waals surface area contributed by atoms with E-state index in [0.717, 1.165) is 19.7 Å². The van der Waals surface area contributed by atoms with Crippen molar-refractivity contribution in [2.45, 2.75) is 0 Å². The molecular weight excluding hydrogens is 134 g/mol. The monoisotopic (exact) mass is 147 g/mol. The van der Waals surface area contributed by atoms with E-state index in [-0.39, 0.29) is 6.79 Å². The van der Waals surface area contributed by atoms with Crippen LogP contribution in [0.4, 0.5) is 0 Å². The van der Waals surface area contributed by atoms with Gasteiger partial charge in [-0.3, -0.25) is 4.90 Å². The quantitative estimate of drug-likeness (QED) is 0.419. The molecule has 4 nitrogen and oxygen atoms in total. The summed E-state index contributed by atoms with van der Waals surface area (Å²) >= 11 is 0. The number of nitrogens with zero attached hydrogens (tertiary/aromatic N) is 1. The van der Waals surface area contributed by atoms with Crippen LogP contribution in [0.1, 0.15) is 0 Å². The Kier molecular flexibility index (Phi) is 3.67. The van der Waals surface area contributed by atoms with Gasteiger partial charge < -0.3 is 14.6 Å². The summed E-state index contributed by atoms with van der Waals surface area (Å²) in [6.45, 7) is 3.75. The molecule has 0 amide bonds. The first-order valence-electron chi connectivity index (χ1n) is 3.42. The van der Waals surface area contributed by atoms with Crippen LogP contribution in [-0.2, 0) is 9.47 Å². The highest BCUT2D eigenvalue weighted by molar-refractivity contribution is 4.56. The predicted octanol–water partition coefficient (Wildman–Crippen LogP) is -0.758. The first kappa shape index (κ1) is 7.94. The number of aliphatic hydroxyl groups is 1. The lowest BCUT2D eigenvalue weighted by molar-refractivity contribution is -0.0114. The molecular formula is C6H13NO3. The minimum atomic E-state index is -0.186. The van der Waals surface area contributed by atoms with Gasteiger partial charge in [0.15, 0.2) is 0 Å². The van der Waals surface area contributed by atoms with Crippen LogP contribution in [0.15, 0.2) is 0 Å². The standard InChI is InChI=1S/C6H13NO3/c8-6-10-4-2-7-1-3-9-5-7/h8H,1-6H2. The van der Waals surface area contributed by atoms with Crippen molar-refractivity contribution < 1.29 is 14.6 Å². The van der Waals surface area contributed by atoms with E-state index >= 15 is 0 Å². The molecule has 1 N–H and O–H groups in total. The smallest absolute Gasteiger partial charge is 0.143 e. The minimum absolute atomic E-state index is 0.186. The molecule has 60 valence electrons. The number of hydrogen-bond donors (Lipinski definition) is 1. The lowest BCUT2D eigenvalue weighted by Gasteiger charge is -2.11. The summed E-state index contributed by atoms with van der Waals surface area (Å²) < 4.78 is 9.85. The third kappa shape index (κ3) is 2.62. The van der Waals surface area contributed by atoms with Gasteiger partial charge >= 0.3 is 0 Å². The maximum absolute atomic E-state index is 8.27. The summed E-state index contributed by atoms with van der Waals surface area (Å²) in [5.41, 5.74) is 0. The van der Waals surface area contributed by atoms with E-state index in [2.05, 4.69) is 4.90 Å². The molecule has 1 heterocycles. The summed E-state index contributed by atoms with van der Waals surface area (Å²) in [6.07, 6.45) is 0. The summed E-state index contributed by atoms with van der Waals surface area (Å²) in [4.78, 5) is 2.13. The molecule has 0 aromatic rings. The number of ether oxygens (including phenoxy) is 2. The molecule has 0 saturated carbocycles. The number of hydrogen-bond acceptors (Lipinski definition) is 4. The van der Waals surface area contributed by atoms with Crippen LogP contribution in [0.3, 0.4) is 0 Å². The van der Waals surface area contributed by atoms with E-state index < -0.39 is 0 Å². The zero-order valence-corrected chi connectivity index (χ0v) is 5.95. The highest BCUT2D eigenvalue weighted by atomic mass is 16.6. The molecule has 1 aliphatic heterocycles. The van der Waals surface area contributed by atoms with Gasteiger partial charge in [-0.25, -0.2) is 0 Å². The first-order chi connectivity index (χ1) is 4.93. The van der Waals surface area contributed by atoms with Crippen LogP contribution < -0.4 is 0 Å². The van der Waals surface area contributed by atoms with Crippen molar-refractivity contribution in [1.82, 2.24) is 4.90 Å². The first-order valence-corrected chi connectivity index (χ1v) is 3.42. The molecule has 1 fully saturated rings. The van der Waals surface area contributed by atoms with Gasteiger partial charge in [-0.05, 0) is 0 Å². The molecule has 4 heteroatoms. The molecule has 1 saturated heterocycles. The average molecular weight is 147 g/mol. The van der Waals surface area contributed by atoms with Gasteiger partial charge in [0.05, 0.1) is 19.9 Å². The van der Waals surface area contributed by atoms with Crippen LogP contribution in [0.2, 0.25) is 0 Å². The summed E-state index contributed by atoms with van der Waals surface area (Å²) in [5.74, 6) is 0. The molecule has 1 aliphatic rings. The molecule has 0 atom stereocenters. The van der Waals surface area contributed by atoms with Crippen molar-refractivity contribution in [2.75, 3.05) is 39.8 Å². The second-order valence-corrected chi connectivity index (χ2v) is 2.19. The van der Waals surface area contributed by atoms with Crippen molar-refractivity contribution in [3.05, 3.63) is 0 Å². The van der Waals surface area contributed by atoms with Gasteiger partial charge in [0, 0.05) is 13.1 Å². The largest absolute Gasteiger partial charge is 0.371 e. The molecule has 0 radical (unpaired) electrons. The molecule has 0 aromatic carbocycles. The number of aliphatic hydroxyl groups excluding tert-OH is 1. The number of rotatable bonds is 4. The Balaban J connectivity index is 1.91. The second-order valence-electron chi connectivity index (χ2n) is 2.19. The summed E-state index contributed by atoms with van der Waals surface area (Å²) in [7, 11) is 0. The summed E-state index contributed by atoms with van der Waals surface area (Å²) in [6, 6.07) is 0. The van der Waals surface area contributed by atoms with Crippen LogP contribution in [0.5, 0.6) is 0 Å². The van der Waals surface area contributed by atoms with E-state index in [1.807, 2.05) is 0 Å². The molecule has 0 aromatic heterocycles. The molecule has 10 heavy (non-hydrogen) atoms.